The molecule has 6 heteroatoms. The van der Waals surface area contributed by atoms with Crippen LogP contribution in [0.25, 0.3) is 0 Å². The predicted molar refractivity (Wildman–Crippen MR) is 71.7 cm³/mol. The first-order valence-electron chi connectivity index (χ1n) is 6.47. The van der Waals surface area contributed by atoms with Crippen LogP contribution in [0.4, 0.5) is 11.4 Å². The fraction of sp³-hybridized carbons (Fsp3) is 0.538. The van der Waals surface area contributed by atoms with E-state index in [2.05, 4.69) is 10.2 Å². The van der Waals surface area contributed by atoms with Gasteiger partial charge in [-0.15, -0.1) is 0 Å². The molecule has 2 saturated heterocycles. The topological polar surface area (TPSA) is 67.6 Å². The van der Waals surface area contributed by atoms with Crippen LogP contribution >= 0.6 is 0 Å². The smallest absolute Gasteiger partial charge is 0.333 e. The second kappa shape index (κ2) is 4.70. The van der Waals surface area contributed by atoms with Gasteiger partial charge in [0, 0.05) is 26.2 Å². The highest BCUT2D eigenvalue weighted by molar-refractivity contribution is 5.70. The van der Waals surface area contributed by atoms with Gasteiger partial charge < -0.3 is 15.0 Å². The van der Waals surface area contributed by atoms with Crippen molar-refractivity contribution in [3.63, 3.8) is 0 Å². The molecule has 2 unspecified atom stereocenters. The lowest BCUT2D eigenvalue weighted by Gasteiger charge is -2.20. The number of para-hydroxylation sites is 1. The van der Waals surface area contributed by atoms with Gasteiger partial charge in [0.05, 0.1) is 12.0 Å². The summed E-state index contributed by atoms with van der Waals surface area (Å²) in [4.78, 5) is 13.1. The summed E-state index contributed by atoms with van der Waals surface area (Å²) >= 11 is 0. The third-order valence-corrected chi connectivity index (χ3v) is 4.11. The van der Waals surface area contributed by atoms with Gasteiger partial charge in [0.25, 0.3) is 0 Å². The van der Waals surface area contributed by atoms with Crippen molar-refractivity contribution < 1.29 is 9.66 Å². The summed E-state index contributed by atoms with van der Waals surface area (Å²) in [5.41, 5.74) is 0.761. The number of benzene rings is 1. The zero-order chi connectivity index (χ0) is 13.4. The van der Waals surface area contributed by atoms with Crippen molar-refractivity contribution in [1.29, 1.82) is 0 Å². The molecule has 0 bridgehead atoms. The molecule has 0 radical (unpaired) electrons. The van der Waals surface area contributed by atoms with Crippen molar-refractivity contribution in [3.8, 4) is 5.75 Å². The Morgan fingerprint density at radius 3 is 2.63 bits per heavy atom. The standard InChI is InChI=1S/C13H17N3O3/c1-19-12-4-2-3-11(13(12)16(17)18)15-7-9-5-14-6-10(9)8-15/h2-4,9-10,14H,5-8H2,1H3. The summed E-state index contributed by atoms with van der Waals surface area (Å²) in [5.74, 6) is 1.54. The van der Waals surface area contributed by atoms with E-state index in [1.807, 2.05) is 12.1 Å². The van der Waals surface area contributed by atoms with Crippen LogP contribution in [-0.4, -0.2) is 38.2 Å². The number of methoxy groups -OCH3 is 1. The first-order chi connectivity index (χ1) is 9.20. The fourth-order valence-corrected chi connectivity index (χ4v) is 3.17. The summed E-state index contributed by atoms with van der Waals surface area (Å²) in [6.45, 7) is 3.79. The average Bonchev–Trinajstić information content (AvgIpc) is 2.98. The second-order valence-corrected chi connectivity index (χ2v) is 5.17. The molecular weight excluding hydrogens is 246 g/mol. The SMILES string of the molecule is COc1cccc(N2CC3CNCC3C2)c1[N+](=O)[O-]. The van der Waals surface area contributed by atoms with Crippen molar-refractivity contribution in [2.24, 2.45) is 11.8 Å². The Kier molecular flexibility index (Phi) is 3.02. The lowest BCUT2D eigenvalue weighted by atomic mass is 10.0. The number of fused-ring (bicyclic) bond motifs is 1. The molecular formula is C13H17N3O3. The number of rotatable bonds is 3. The first-order valence-corrected chi connectivity index (χ1v) is 6.47. The van der Waals surface area contributed by atoms with Crippen molar-refractivity contribution in [1.82, 2.24) is 5.32 Å². The lowest BCUT2D eigenvalue weighted by Crippen LogP contribution is -2.26. The summed E-state index contributed by atoms with van der Waals surface area (Å²) < 4.78 is 5.12. The van der Waals surface area contributed by atoms with E-state index in [1.165, 1.54) is 7.11 Å². The molecule has 2 aliphatic rings. The van der Waals surface area contributed by atoms with E-state index in [-0.39, 0.29) is 10.6 Å². The largest absolute Gasteiger partial charge is 0.490 e. The average molecular weight is 263 g/mol. The Morgan fingerprint density at radius 1 is 1.37 bits per heavy atom. The van der Waals surface area contributed by atoms with E-state index in [0.29, 0.717) is 23.3 Å². The van der Waals surface area contributed by atoms with Crippen molar-refractivity contribution in [3.05, 3.63) is 28.3 Å². The number of nitrogens with zero attached hydrogens (tertiary/aromatic N) is 2. The molecule has 102 valence electrons. The summed E-state index contributed by atoms with van der Waals surface area (Å²) in [5, 5.41) is 14.7. The van der Waals surface area contributed by atoms with Crippen molar-refractivity contribution in [2.45, 2.75) is 0 Å². The van der Waals surface area contributed by atoms with E-state index in [9.17, 15) is 10.1 Å². The minimum absolute atomic E-state index is 0.0814. The molecule has 1 aromatic rings. The Hall–Kier alpha value is -1.82. The quantitative estimate of drug-likeness (QED) is 0.657. The Bertz CT molecular complexity index is 494. The van der Waals surface area contributed by atoms with E-state index in [0.717, 1.165) is 26.2 Å². The van der Waals surface area contributed by atoms with Gasteiger partial charge in [0.15, 0.2) is 5.75 Å². The van der Waals surface area contributed by atoms with Gasteiger partial charge >= 0.3 is 5.69 Å². The summed E-state index contributed by atoms with van der Waals surface area (Å²) in [7, 11) is 1.47. The molecule has 0 spiro atoms. The van der Waals surface area contributed by atoms with Crippen LogP contribution in [0.5, 0.6) is 5.75 Å². The molecule has 1 aromatic carbocycles. The van der Waals surface area contributed by atoms with Crippen LogP contribution in [0, 0.1) is 22.0 Å². The zero-order valence-corrected chi connectivity index (χ0v) is 10.8. The zero-order valence-electron chi connectivity index (χ0n) is 10.8. The highest BCUT2D eigenvalue weighted by Crippen LogP contribution is 2.40. The molecule has 2 heterocycles. The summed E-state index contributed by atoms with van der Waals surface area (Å²) in [6.07, 6.45) is 0. The van der Waals surface area contributed by atoms with E-state index in [4.69, 9.17) is 4.74 Å². The minimum Gasteiger partial charge on any atom is -0.490 e. The second-order valence-electron chi connectivity index (χ2n) is 5.17. The Morgan fingerprint density at radius 2 is 2.05 bits per heavy atom. The minimum atomic E-state index is -0.347. The molecule has 2 fully saturated rings. The van der Waals surface area contributed by atoms with Crippen LogP contribution in [-0.2, 0) is 0 Å². The molecule has 0 aromatic heterocycles. The third-order valence-electron chi connectivity index (χ3n) is 4.11. The van der Waals surface area contributed by atoms with Gasteiger partial charge in [-0.3, -0.25) is 10.1 Å². The first kappa shape index (κ1) is 12.2. The van der Waals surface area contributed by atoms with Crippen LogP contribution in [0.1, 0.15) is 0 Å². The number of hydrogen-bond donors (Lipinski definition) is 1. The molecule has 0 aliphatic carbocycles. The van der Waals surface area contributed by atoms with Crippen molar-refractivity contribution >= 4 is 11.4 Å². The highest BCUT2D eigenvalue weighted by atomic mass is 16.6. The molecule has 19 heavy (non-hydrogen) atoms. The van der Waals surface area contributed by atoms with Crippen LogP contribution in [0.3, 0.4) is 0 Å². The van der Waals surface area contributed by atoms with Crippen LogP contribution in [0.2, 0.25) is 0 Å². The highest BCUT2D eigenvalue weighted by Gasteiger charge is 2.38. The number of nitro benzene ring substituents is 1. The molecule has 2 aliphatic heterocycles. The maximum absolute atomic E-state index is 11.3. The predicted octanol–water partition coefficient (Wildman–Crippen LogP) is 1.26. The van der Waals surface area contributed by atoms with Gasteiger partial charge in [-0.25, -0.2) is 0 Å². The van der Waals surface area contributed by atoms with Gasteiger partial charge in [-0.2, -0.15) is 0 Å². The normalized spacial score (nSPS) is 25.4. The maximum atomic E-state index is 11.3. The van der Waals surface area contributed by atoms with Crippen LogP contribution < -0.4 is 15.0 Å². The third kappa shape index (κ3) is 2.02. The Balaban J connectivity index is 1.94. The Labute approximate surface area is 111 Å². The molecule has 0 amide bonds. The molecule has 1 N–H and O–H groups in total. The van der Waals surface area contributed by atoms with Crippen LogP contribution in [0.15, 0.2) is 18.2 Å². The van der Waals surface area contributed by atoms with E-state index >= 15 is 0 Å². The maximum Gasteiger partial charge on any atom is 0.333 e. The molecule has 6 nitrogen and oxygen atoms in total. The molecule has 0 saturated carbocycles. The number of nitrogens with one attached hydrogen (secondary N) is 1. The lowest BCUT2D eigenvalue weighted by molar-refractivity contribution is -0.385. The van der Waals surface area contributed by atoms with Gasteiger partial charge in [0.1, 0.15) is 5.69 Å². The number of anilines is 1. The molecule has 3 rings (SSSR count). The van der Waals surface area contributed by atoms with Gasteiger partial charge in [0.2, 0.25) is 0 Å². The van der Waals surface area contributed by atoms with Gasteiger partial charge in [-0.1, -0.05) is 6.07 Å². The molecule has 2 atom stereocenters. The fourth-order valence-electron chi connectivity index (χ4n) is 3.17. The van der Waals surface area contributed by atoms with Crippen molar-refractivity contribution in [2.75, 3.05) is 38.2 Å². The number of ether oxygens (including phenoxy) is 1. The number of hydrogen-bond acceptors (Lipinski definition) is 5. The van der Waals surface area contributed by atoms with E-state index < -0.39 is 0 Å². The number of nitro groups is 1. The monoisotopic (exact) mass is 263 g/mol. The summed E-state index contributed by atoms with van der Waals surface area (Å²) in [6, 6.07) is 5.27. The van der Waals surface area contributed by atoms with Gasteiger partial charge in [-0.05, 0) is 24.0 Å². The van der Waals surface area contributed by atoms with E-state index in [1.54, 1.807) is 6.07 Å².